The van der Waals surface area contributed by atoms with E-state index in [1.54, 1.807) is 6.26 Å². The molecular weight excluding hydrogens is 164 g/mol. The minimum Gasteiger partial charge on any atom is -0.364 e. The number of hydrogen-bond donors (Lipinski definition) is 1. The van der Waals surface area contributed by atoms with Crippen molar-refractivity contribution < 1.29 is 4.52 Å². The largest absolute Gasteiger partial charge is 0.364 e. The molecule has 1 N–H and O–H groups in total. The van der Waals surface area contributed by atoms with Gasteiger partial charge in [-0.15, -0.1) is 0 Å². The number of hydrogen-bond acceptors (Lipinski definition) is 3. The minimum absolute atomic E-state index is 1.01. The number of likely N-dealkylation sites (N-methyl/N-ethyl adjacent to an activating group) is 1. The SMILES string of the molecule is CCCc1nocc1CCNCC. The van der Waals surface area contributed by atoms with Crippen LogP contribution in [0, 0.1) is 0 Å². The lowest BCUT2D eigenvalue weighted by molar-refractivity contribution is 0.410. The molecule has 0 aliphatic carbocycles. The zero-order valence-electron chi connectivity index (χ0n) is 8.47. The highest BCUT2D eigenvalue weighted by Crippen LogP contribution is 2.09. The molecule has 3 heteroatoms. The maximum Gasteiger partial charge on any atom is 0.127 e. The fourth-order valence-electron chi connectivity index (χ4n) is 1.33. The zero-order valence-corrected chi connectivity index (χ0v) is 8.47. The van der Waals surface area contributed by atoms with Gasteiger partial charge in [0.1, 0.15) is 6.26 Å². The highest BCUT2D eigenvalue weighted by Gasteiger charge is 2.05. The quantitative estimate of drug-likeness (QED) is 0.681. The van der Waals surface area contributed by atoms with E-state index in [4.69, 9.17) is 4.52 Å². The van der Waals surface area contributed by atoms with E-state index in [1.165, 1.54) is 5.56 Å². The lowest BCUT2D eigenvalue weighted by Crippen LogP contribution is -2.16. The second kappa shape index (κ2) is 5.75. The summed E-state index contributed by atoms with van der Waals surface area (Å²) >= 11 is 0. The first-order valence-electron chi connectivity index (χ1n) is 5.01. The van der Waals surface area contributed by atoms with Gasteiger partial charge in [0.25, 0.3) is 0 Å². The smallest absolute Gasteiger partial charge is 0.127 e. The number of nitrogens with one attached hydrogen (secondary N) is 1. The van der Waals surface area contributed by atoms with E-state index in [0.29, 0.717) is 0 Å². The first kappa shape index (κ1) is 10.3. The molecule has 0 fully saturated rings. The van der Waals surface area contributed by atoms with Crippen molar-refractivity contribution in [2.75, 3.05) is 13.1 Å². The molecule has 0 aliphatic rings. The van der Waals surface area contributed by atoms with Gasteiger partial charge in [0.2, 0.25) is 0 Å². The van der Waals surface area contributed by atoms with Crippen molar-refractivity contribution in [1.82, 2.24) is 10.5 Å². The number of aryl methyl sites for hydroxylation is 1. The van der Waals surface area contributed by atoms with Crippen molar-refractivity contribution in [1.29, 1.82) is 0 Å². The Labute approximate surface area is 79.5 Å². The molecule has 0 bridgehead atoms. The van der Waals surface area contributed by atoms with Crippen molar-refractivity contribution in [2.45, 2.75) is 33.1 Å². The van der Waals surface area contributed by atoms with Crippen LogP contribution in [0.1, 0.15) is 31.5 Å². The minimum atomic E-state index is 1.01. The van der Waals surface area contributed by atoms with Crippen molar-refractivity contribution in [3.63, 3.8) is 0 Å². The summed E-state index contributed by atoms with van der Waals surface area (Å²) in [6.07, 6.45) is 4.94. The van der Waals surface area contributed by atoms with Gasteiger partial charge < -0.3 is 9.84 Å². The molecule has 0 radical (unpaired) electrons. The predicted octanol–water partition coefficient (Wildman–Crippen LogP) is 1.78. The van der Waals surface area contributed by atoms with E-state index in [2.05, 4.69) is 24.3 Å². The van der Waals surface area contributed by atoms with E-state index < -0.39 is 0 Å². The summed E-state index contributed by atoms with van der Waals surface area (Å²) in [5.74, 6) is 0. The van der Waals surface area contributed by atoms with Gasteiger partial charge in [0.05, 0.1) is 5.69 Å². The molecule has 1 aromatic rings. The third kappa shape index (κ3) is 3.19. The first-order chi connectivity index (χ1) is 6.38. The second-order valence-corrected chi connectivity index (χ2v) is 3.14. The monoisotopic (exact) mass is 182 g/mol. The summed E-state index contributed by atoms with van der Waals surface area (Å²) < 4.78 is 4.95. The topological polar surface area (TPSA) is 38.1 Å². The van der Waals surface area contributed by atoms with Gasteiger partial charge >= 0.3 is 0 Å². The zero-order chi connectivity index (χ0) is 9.52. The first-order valence-corrected chi connectivity index (χ1v) is 5.01. The van der Waals surface area contributed by atoms with Crippen LogP contribution >= 0.6 is 0 Å². The van der Waals surface area contributed by atoms with Crippen molar-refractivity contribution in [2.24, 2.45) is 0 Å². The van der Waals surface area contributed by atoms with Gasteiger partial charge in [-0.25, -0.2) is 0 Å². The van der Waals surface area contributed by atoms with Gasteiger partial charge in [-0.2, -0.15) is 0 Å². The van der Waals surface area contributed by atoms with Gasteiger partial charge in [0.15, 0.2) is 0 Å². The molecule has 3 nitrogen and oxygen atoms in total. The van der Waals surface area contributed by atoms with Crippen LogP contribution in [0.5, 0.6) is 0 Å². The summed E-state index contributed by atoms with van der Waals surface area (Å²) in [6, 6.07) is 0. The summed E-state index contributed by atoms with van der Waals surface area (Å²) in [4.78, 5) is 0. The van der Waals surface area contributed by atoms with Gasteiger partial charge in [-0.3, -0.25) is 0 Å². The predicted molar refractivity (Wildman–Crippen MR) is 52.7 cm³/mol. The van der Waals surface area contributed by atoms with E-state index in [1.807, 2.05) is 0 Å². The normalized spacial score (nSPS) is 10.6. The van der Waals surface area contributed by atoms with E-state index >= 15 is 0 Å². The van der Waals surface area contributed by atoms with Crippen LogP contribution in [-0.4, -0.2) is 18.2 Å². The van der Waals surface area contributed by atoms with Crippen LogP contribution in [0.15, 0.2) is 10.8 Å². The highest BCUT2D eigenvalue weighted by atomic mass is 16.5. The Balaban J connectivity index is 2.40. The van der Waals surface area contributed by atoms with Gasteiger partial charge in [-0.05, 0) is 25.9 Å². The lowest BCUT2D eigenvalue weighted by atomic mass is 10.1. The Morgan fingerprint density at radius 2 is 2.23 bits per heavy atom. The molecule has 0 unspecified atom stereocenters. The molecule has 1 aromatic heterocycles. The number of rotatable bonds is 6. The highest BCUT2D eigenvalue weighted by molar-refractivity contribution is 5.14. The van der Waals surface area contributed by atoms with Crippen LogP contribution in [0.2, 0.25) is 0 Å². The summed E-state index contributed by atoms with van der Waals surface area (Å²) in [6.45, 7) is 6.30. The van der Waals surface area contributed by atoms with Crippen LogP contribution in [0.4, 0.5) is 0 Å². The molecule has 0 amide bonds. The molecule has 0 aliphatic heterocycles. The lowest BCUT2D eigenvalue weighted by Gasteiger charge is -2.00. The molecule has 0 spiro atoms. The molecular formula is C10H18N2O. The van der Waals surface area contributed by atoms with Crippen LogP contribution < -0.4 is 5.32 Å². The molecule has 0 saturated heterocycles. The van der Waals surface area contributed by atoms with Crippen molar-refractivity contribution in [3.8, 4) is 0 Å². The Kier molecular flexibility index (Phi) is 4.54. The number of nitrogens with zero attached hydrogens (tertiary/aromatic N) is 1. The Bertz CT molecular complexity index is 233. The van der Waals surface area contributed by atoms with Crippen molar-refractivity contribution >= 4 is 0 Å². The molecule has 0 atom stereocenters. The molecule has 0 saturated carbocycles. The van der Waals surface area contributed by atoms with Crippen LogP contribution in [-0.2, 0) is 12.8 Å². The van der Waals surface area contributed by atoms with Crippen LogP contribution in [0.3, 0.4) is 0 Å². The Morgan fingerprint density at radius 3 is 2.92 bits per heavy atom. The Morgan fingerprint density at radius 1 is 1.38 bits per heavy atom. The Hall–Kier alpha value is -0.830. The average molecular weight is 182 g/mol. The summed E-state index contributed by atoms with van der Waals surface area (Å²) in [5.41, 5.74) is 2.38. The third-order valence-corrected chi connectivity index (χ3v) is 2.04. The molecule has 1 rings (SSSR count). The van der Waals surface area contributed by atoms with Crippen LogP contribution in [0.25, 0.3) is 0 Å². The maximum atomic E-state index is 4.95. The van der Waals surface area contributed by atoms with Crippen molar-refractivity contribution in [3.05, 3.63) is 17.5 Å². The van der Waals surface area contributed by atoms with E-state index in [9.17, 15) is 0 Å². The second-order valence-electron chi connectivity index (χ2n) is 3.14. The average Bonchev–Trinajstić information content (AvgIpc) is 2.54. The van der Waals surface area contributed by atoms with E-state index in [0.717, 1.165) is 38.0 Å². The summed E-state index contributed by atoms with van der Waals surface area (Å²) in [5, 5.41) is 7.27. The van der Waals surface area contributed by atoms with Gasteiger partial charge in [0, 0.05) is 5.56 Å². The number of aromatic nitrogens is 1. The van der Waals surface area contributed by atoms with Gasteiger partial charge in [-0.1, -0.05) is 25.4 Å². The third-order valence-electron chi connectivity index (χ3n) is 2.04. The van der Waals surface area contributed by atoms with E-state index in [-0.39, 0.29) is 0 Å². The fraction of sp³-hybridized carbons (Fsp3) is 0.700. The summed E-state index contributed by atoms with van der Waals surface area (Å²) in [7, 11) is 0. The molecule has 1 heterocycles. The molecule has 74 valence electrons. The maximum absolute atomic E-state index is 4.95. The fourth-order valence-corrected chi connectivity index (χ4v) is 1.33. The molecule has 0 aromatic carbocycles. The molecule has 13 heavy (non-hydrogen) atoms. The standard InChI is InChI=1S/C10H18N2O/c1-3-5-10-9(8-13-12-10)6-7-11-4-2/h8,11H,3-7H2,1-2H3.